The minimum absolute atomic E-state index is 0.0733. The highest BCUT2D eigenvalue weighted by atomic mass is 16.5. The lowest BCUT2D eigenvalue weighted by Gasteiger charge is -2.14. The van der Waals surface area contributed by atoms with E-state index in [1.165, 1.54) is 36.4 Å². The summed E-state index contributed by atoms with van der Waals surface area (Å²) in [4.78, 5) is 12.5. The minimum Gasteiger partial charge on any atom is -0.508 e. The van der Waals surface area contributed by atoms with Crippen molar-refractivity contribution in [3.63, 3.8) is 0 Å². The Kier molecular flexibility index (Phi) is 11.2. The number of fused-ring (bicyclic) bond motifs is 2. The van der Waals surface area contributed by atoms with E-state index in [2.05, 4.69) is 23.5 Å². The number of alkyl carbamates (subject to hydrolysis) is 1. The smallest absolute Gasteiger partial charge is 0.407 e. The average molecular weight is 690 g/mol. The topological polar surface area (TPSA) is 147 Å². The molecule has 0 heterocycles. The Morgan fingerprint density at radius 2 is 1.06 bits per heavy atom. The molecule has 10 nitrogen and oxygen atoms in total. The zero-order chi connectivity index (χ0) is 35.6. The molecule has 0 aliphatic rings. The standard InChI is InChI=1S/C41H39NO9/c43-32-13-27(14-33(44)20-32)24-49-36-17-29(18-37(22-36)50-25-28-15-34(45)21-35(46)16-28)23-48-12-6-5-11-42-41(47)51-26-40-38-9-3-1-7-30(38)19-31-8-2-4-10-39(31)40/h1-4,7-10,13-22,43-46H,5-6,11-12,23-26H2,(H,42,47). The number of hydrogen-bond donors (Lipinski definition) is 5. The van der Waals surface area contributed by atoms with Crippen LogP contribution in [0.4, 0.5) is 4.79 Å². The van der Waals surface area contributed by atoms with Crippen LogP contribution in [-0.4, -0.2) is 39.7 Å². The number of amides is 1. The van der Waals surface area contributed by atoms with Crippen LogP contribution in [-0.2, 0) is 35.9 Å². The van der Waals surface area contributed by atoms with Crippen LogP contribution in [0.5, 0.6) is 34.5 Å². The molecule has 0 unspecified atom stereocenters. The van der Waals surface area contributed by atoms with Crippen LogP contribution in [0.2, 0.25) is 0 Å². The minimum atomic E-state index is -0.473. The zero-order valence-corrected chi connectivity index (χ0v) is 27.9. The zero-order valence-electron chi connectivity index (χ0n) is 27.9. The number of nitrogens with one attached hydrogen (secondary N) is 1. The number of ether oxygens (including phenoxy) is 4. The fourth-order valence-electron chi connectivity index (χ4n) is 5.86. The summed E-state index contributed by atoms with van der Waals surface area (Å²) < 4.78 is 23.5. The molecule has 0 atom stereocenters. The average Bonchev–Trinajstić information content (AvgIpc) is 3.10. The molecule has 0 spiro atoms. The van der Waals surface area contributed by atoms with E-state index in [0.717, 1.165) is 32.7 Å². The molecule has 1 amide bonds. The van der Waals surface area contributed by atoms with Crippen molar-refractivity contribution in [1.29, 1.82) is 0 Å². The van der Waals surface area contributed by atoms with Crippen LogP contribution >= 0.6 is 0 Å². The SMILES string of the molecule is O=C(NCCCCOCc1cc(OCc2cc(O)cc(O)c2)cc(OCc2cc(O)cc(O)c2)c1)OCc1c2ccccc2cc2ccccc12. The fraction of sp³-hybridized carbons (Fsp3) is 0.195. The predicted molar refractivity (Wildman–Crippen MR) is 193 cm³/mol. The third-order valence-electron chi connectivity index (χ3n) is 8.16. The summed E-state index contributed by atoms with van der Waals surface area (Å²) in [7, 11) is 0. The van der Waals surface area contributed by atoms with E-state index < -0.39 is 6.09 Å². The van der Waals surface area contributed by atoms with E-state index in [4.69, 9.17) is 18.9 Å². The summed E-state index contributed by atoms with van der Waals surface area (Å²) in [5.74, 6) is 0.664. The molecule has 0 saturated carbocycles. The van der Waals surface area contributed by atoms with Gasteiger partial charge in [0, 0.05) is 36.9 Å². The first-order valence-corrected chi connectivity index (χ1v) is 16.6. The molecule has 6 aromatic rings. The monoisotopic (exact) mass is 689 g/mol. The van der Waals surface area contributed by atoms with Crippen molar-refractivity contribution in [2.45, 2.75) is 39.3 Å². The van der Waals surface area contributed by atoms with Gasteiger partial charge >= 0.3 is 6.09 Å². The van der Waals surface area contributed by atoms with Crippen LogP contribution in [0.15, 0.2) is 109 Å². The van der Waals surface area contributed by atoms with Gasteiger partial charge in [0.25, 0.3) is 0 Å². The van der Waals surface area contributed by atoms with Gasteiger partial charge in [-0.2, -0.15) is 0 Å². The summed E-state index contributed by atoms with van der Waals surface area (Å²) in [6, 6.07) is 32.1. The van der Waals surface area contributed by atoms with Gasteiger partial charge in [0.05, 0.1) is 6.61 Å². The molecule has 0 fully saturated rings. The summed E-state index contributed by atoms with van der Waals surface area (Å²) in [6.07, 6.45) is 0.923. The van der Waals surface area contributed by atoms with E-state index in [-0.39, 0.29) is 49.4 Å². The highest BCUT2D eigenvalue weighted by Crippen LogP contribution is 2.30. The van der Waals surface area contributed by atoms with Gasteiger partial charge in [0.1, 0.15) is 54.3 Å². The van der Waals surface area contributed by atoms with Crippen LogP contribution in [0.25, 0.3) is 21.5 Å². The first-order valence-electron chi connectivity index (χ1n) is 16.6. The molecule has 51 heavy (non-hydrogen) atoms. The Morgan fingerprint density at radius 3 is 1.61 bits per heavy atom. The fourth-order valence-corrected chi connectivity index (χ4v) is 5.86. The predicted octanol–water partition coefficient (Wildman–Crippen LogP) is 8.20. The van der Waals surface area contributed by atoms with Crippen molar-refractivity contribution in [2.75, 3.05) is 13.2 Å². The Labute approximate surface area is 295 Å². The molecule has 5 N–H and O–H groups in total. The lowest BCUT2D eigenvalue weighted by molar-refractivity contribution is 0.115. The second kappa shape index (κ2) is 16.5. The molecule has 0 aromatic heterocycles. The van der Waals surface area contributed by atoms with Gasteiger partial charge in [-0.05, 0) is 93.5 Å². The van der Waals surface area contributed by atoms with Crippen LogP contribution in [0.1, 0.15) is 35.1 Å². The number of hydrogen-bond acceptors (Lipinski definition) is 9. The van der Waals surface area contributed by atoms with Crippen LogP contribution < -0.4 is 14.8 Å². The van der Waals surface area contributed by atoms with E-state index in [1.807, 2.05) is 48.5 Å². The number of rotatable bonds is 15. The first kappa shape index (κ1) is 34.7. The van der Waals surface area contributed by atoms with Crippen molar-refractivity contribution in [3.05, 3.63) is 131 Å². The van der Waals surface area contributed by atoms with E-state index >= 15 is 0 Å². The molecule has 6 rings (SSSR count). The Hall–Kier alpha value is -6.13. The van der Waals surface area contributed by atoms with Gasteiger partial charge in [-0.1, -0.05) is 48.5 Å². The number of aromatic hydroxyl groups is 4. The van der Waals surface area contributed by atoms with Crippen molar-refractivity contribution in [3.8, 4) is 34.5 Å². The van der Waals surface area contributed by atoms with Crippen molar-refractivity contribution in [2.24, 2.45) is 0 Å². The number of unbranched alkanes of at least 4 members (excludes halogenated alkanes) is 1. The Morgan fingerprint density at radius 1 is 0.549 bits per heavy atom. The van der Waals surface area contributed by atoms with Gasteiger partial charge in [-0.25, -0.2) is 4.79 Å². The van der Waals surface area contributed by atoms with Gasteiger partial charge < -0.3 is 44.7 Å². The third kappa shape index (κ3) is 9.74. The second-order valence-electron chi connectivity index (χ2n) is 12.2. The van der Waals surface area contributed by atoms with Gasteiger partial charge in [-0.15, -0.1) is 0 Å². The molecule has 0 radical (unpaired) electrons. The lowest BCUT2D eigenvalue weighted by atomic mass is 9.97. The second-order valence-corrected chi connectivity index (χ2v) is 12.2. The summed E-state index contributed by atoms with van der Waals surface area (Å²) in [5.41, 5.74) is 2.91. The highest BCUT2D eigenvalue weighted by molar-refractivity contribution is 6.02. The molecule has 0 bridgehead atoms. The van der Waals surface area contributed by atoms with Crippen molar-refractivity contribution >= 4 is 27.6 Å². The normalized spacial score (nSPS) is 11.1. The largest absolute Gasteiger partial charge is 0.508 e. The maximum absolute atomic E-state index is 12.5. The summed E-state index contributed by atoms with van der Waals surface area (Å²) in [6.45, 7) is 1.49. The van der Waals surface area contributed by atoms with E-state index in [0.29, 0.717) is 48.6 Å². The number of carbonyl (C=O) groups is 1. The van der Waals surface area contributed by atoms with E-state index in [9.17, 15) is 25.2 Å². The molecule has 0 aliphatic heterocycles. The molecule has 6 aromatic carbocycles. The van der Waals surface area contributed by atoms with E-state index in [1.54, 1.807) is 6.07 Å². The molecule has 0 aliphatic carbocycles. The van der Waals surface area contributed by atoms with Gasteiger partial charge in [-0.3, -0.25) is 0 Å². The molecular formula is C41H39NO9. The number of phenolic OH excluding ortho intramolecular Hbond substituents is 4. The molecular weight excluding hydrogens is 650 g/mol. The van der Waals surface area contributed by atoms with Crippen LogP contribution in [0, 0.1) is 0 Å². The molecule has 10 heteroatoms. The summed E-state index contributed by atoms with van der Waals surface area (Å²) in [5, 5.41) is 46.4. The quantitative estimate of drug-likeness (QED) is 0.0532. The molecule has 262 valence electrons. The lowest BCUT2D eigenvalue weighted by Crippen LogP contribution is -2.25. The van der Waals surface area contributed by atoms with Gasteiger partial charge in [0.2, 0.25) is 0 Å². The maximum Gasteiger partial charge on any atom is 0.407 e. The Bertz CT molecular complexity index is 1960. The molecule has 0 saturated heterocycles. The third-order valence-corrected chi connectivity index (χ3v) is 8.16. The Balaban J connectivity index is 0.983. The number of phenols is 4. The maximum atomic E-state index is 12.5. The van der Waals surface area contributed by atoms with Crippen LogP contribution in [0.3, 0.4) is 0 Å². The van der Waals surface area contributed by atoms with Gasteiger partial charge in [0.15, 0.2) is 0 Å². The first-order chi connectivity index (χ1) is 24.8. The highest BCUT2D eigenvalue weighted by Gasteiger charge is 2.11. The number of benzene rings is 6. The van der Waals surface area contributed by atoms with Crippen molar-refractivity contribution in [1.82, 2.24) is 5.32 Å². The number of carbonyl (C=O) groups excluding carboxylic acids is 1. The van der Waals surface area contributed by atoms with Crippen molar-refractivity contribution < 1.29 is 44.2 Å². The summed E-state index contributed by atoms with van der Waals surface area (Å²) >= 11 is 0.